The lowest BCUT2D eigenvalue weighted by Crippen LogP contribution is -2.51. The van der Waals surface area contributed by atoms with E-state index in [1.807, 2.05) is 17.0 Å². The predicted octanol–water partition coefficient (Wildman–Crippen LogP) is 3.19. The number of benzene rings is 2. The van der Waals surface area contributed by atoms with E-state index in [0.29, 0.717) is 38.9 Å². The minimum Gasteiger partial charge on any atom is -0.497 e. The number of amides is 3. The highest BCUT2D eigenvalue weighted by atomic mass is 35.5. The van der Waals surface area contributed by atoms with Gasteiger partial charge in [-0.25, -0.2) is 14.0 Å². The van der Waals surface area contributed by atoms with Gasteiger partial charge in [0.05, 0.1) is 17.7 Å². The highest BCUT2D eigenvalue weighted by Crippen LogP contribution is 2.29. The number of hydrogen-bond donors (Lipinski definition) is 1. The Bertz CT molecular complexity index is 1890. The summed E-state index contributed by atoms with van der Waals surface area (Å²) in [6, 6.07) is 9.34. The number of anilines is 1. The van der Waals surface area contributed by atoms with E-state index in [1.165, 1.54) is 18.3 Å². The Balaban J connectivity index is 1.18. The standard InChI is InChI=1S/C31H31ClFN7O6/c1-45-21-5-6-25-19(15-21)7-13-39(30(43)35-25)20-8-11-37(12-9-20)27(41)17-38-16-23(22-3-2-4-24(33)28(22)32)29(42)40(31(38)44)14-10-26-36-34-18-46-26/h2-6,15-16,18,20H,7-14,17H2,1H3,(H,35,43). The first kappa shape index (κ1) is 31.0. The Kier molecular flexibility index (Phi) is 8.88. The number of piperidine rings is 1. The zero-order chi connectivity index (χ0) is 32.4. The number of hydrogen-bond acceptors (Lipinski definition) is 8. The van der Waals surface area contributed by atoms with Crippen molar-refractivity contribution in [2.45, 2.75) is 44.8 Å². The molecule has 0 aliphatic carbocycles. The second-order valence-electron chi connectivity index (χ2n) is 11.1. The summed E-state index contributed by atoms with van der Waals surface area (Å²) in [5.41, 5.74) is 0.386. The fourth-order valence-electron chi connectivity index (χ4n) is 5.95. The molecule has 13 nitrogen and oxygen atoms in total. The molecule has 0 saturated carbocycles. The van der Waals surface area contributed by atoms with E-state index < -0.39 is 17.1 Å². The molecule has 1 fully saturated rings. The van der Waals surface area contributed by atoms with Crippen LogP contribution in [0.4, 0.5) is 14.9 Å². The molecule has 240 valence electrons. The smallest absolute Gasteiger partial charge is 0.331 e. The second kappa shape index (κ2) is 13.2. The van der Waals surface area contributed by atoms with Crippen molar-refractivity contribution in [3.05, 3.63) is 92.1 Å². The zero-order valence-corrected chi connectivity index (χ0v) is 25.7. The Hall–Kier alpha value is -4.98. The lowest BCUT2D eigenvalue weighted by Gasteiger charge is -2.38. The first-order chi connectivity index (χ1) is 22.2. The average molecular weight is 652 g/mol. The largest absolute Gasteiger partial charge is 0.497 e. The van der Waals surface area contributed by atoms with Gasteiger partial charge in [0, 0.05) is 56.1 Å². The van der Waals surface area contributed by atoms with Crippen LogP contribution in [-0.2, 0) is 30.7 Å². The van der Waals surface area contributed by atoms with Crippen LogP contribution in [0, 0.1) is 5.82 Å². The maximum atomic E-state index is 14.3. The molecule has 1 saturated heterocycles. The molecule has 0 unspecified atom stereocenters. The zero-order valence-electron chi connectivity index (χ0n) is 24.9. The van der Waals surface area contributed by atoms with Crippen molar-refractivity contribution in [2.24, 2.45) is 0 Å². The van der Waals surface area contributed by atoms with E-state index >= 15 is 0 Å². The lowest BCUT2D eigenvalue weighted by atomic mass is 10.0. The molecule has 2 aromatic carbocycles. The van der Waals surface area contributed by atoms with Crippen molar-refractivity contribution < 1.29 is 23.1 Å². The molecule has 0 bridgehead atoms. The minimum atomic E-state index is -0.727. The van der Waals surface area contributed by atoms with Gasteiger partial charge in [-0.05, 0) is 49.1 Å². The predicted molar refractivity (Wildman–Crippen MR) is 165 cm³/mol. The van der Waals surface area contributed by atoms with Crippen LogP contribution < -0.4 is 21.3 Å². The first-order valence-electron chi connectivity index (χ1n) is 14.8. The van der Waals surface area contributed by atoms with E-state index in [0.717, 1.165) is 38.6 Å². The van der Waals surface area contributed by atoms with Gasteiger partial charge in [0.2, 0.25) is 18.2 Å². The van der Waals surface area contributed by atoms with Crippen LogP contribution >= 0.6 is 11.6 Å². The summed E-state index contributed by atoms with van der Waals surface area (Å²) in [5, 5.41) is 10.1. The number of ether oxygens (including phenoxy) is 1. The summed E-state index contributed by atoms with van der Waals surface area (Å²) >= 11 is 6.21. The molecule has 6 rings (SSSR count). The topological polar surface area (TPSA) is 145 Å². The second-order valence-corrected chi connectivity index (χ2v) is 11.5. The van der Waals surface area contributed by atoms with Crippen molar-refractivity contribution >= 4 is 29.2 Å². The Morgan fingerprint density at radius 3 is 2.67 bits per heavy atom. The first-order valence-corrected chi connectivity index (χ1v) is 15.2. The van der Waals surface area contributed by atoms with Crippen molar-refractivity contribution in [1.29, 1.82) is 0 Å². The van der Waals surface area contributed by atoms with Crippen molar-refractivity contribution in [1.82, 2.24) is 29.1 Å². The molecule has 4 heterocycles. The summed E-state index contributed by atoms with van der Waals surface area (Å²) in [4.78, 5) is 57.0. The molecule has 2 aromatic heterocycles. The highest BCUT2D eigenvalue weighted by Gasteiger charge is 2.32. The van der Waals surface area contributed by atoms with Crippen LogP contribution in [0.3, 0.4) is 0 Å². The highest BCUT2D eigenvalue weighted by molar-refractivity contribution is 6.33. The fraction of sp³-hybridized carbons (Fsp3) is 0.355. The summed E-state index contributed by atoms with van der Waals surface area (Å²) in [5.74, 6) is -0.124. The SMILES string of the molecule is COc1ccc2c(c1)CCN(C1CCN(C(=O)Cn3cc(-c4cccc(F)c4Cl)c(=O)n(CCc4nnco4)c3=O)CC1)C(=O)N2. The molecular formula is C31H31ClFN7O6. The van der Waals surface area contributed by atoms with Crippen molar-refractivity contribution in [3.63, 3.8) is 0 Å². The molecule has 15 heteroatoms. The van der Waals surface area contributed by atoms with E-state index in [1.54, 1.807) is 18.1 Å². The van der Waals surface area contributed by atoms with Crippen LogP contribution in [0.25, 0.3) is 11.1 Å². The third-order valence-corrected chi connectivity index (χ3v) is 8.82. The number of aryl methyl sites for hydroxylation is 1. The van der Waals surface area contributed by atoms with E-state index in [4.69, 9.17) is 20.8 Å². The van der Waals surface area contributed by atoms with Crippen LogP contribution in [0.1, 0.15) is 24.3 Å². The van der Waals surface area contributed by atoms with Gasteiger partial charge in [-0.15, -0.1) is 10.2 Å². The molecule has 2 aliphatic heterocycles. The fourth-order valence-corrected chi connectivity index (χ4v) is 6.18. The Morgan fingerprint density at radius 2 is 1.93 bits per heavy atom. The van der Waals surface area contributed by atoms with Gasteiger partial charge in [0.1, 0.15) is 18.1 Å². The number of halogens is 2. The van der Waals surface area contributed by atoms with Crippen molar-refractivity contribution in [3.8, 4) is 16.9 Å². The number of likely N-dealkylation sites (tertiary alicyclic amines) is 1. The Labute approximate surface area is 267 Å². The molecule has 3 amide bonds. The van der Waals surface area contributed by atoms with Crippen LogP contribution in [0.5, 0.6) is 5.75 Å². The maximum Gasteiger partial charge on any atom is 0.331 e. The lowest BCUT2D eigenvalue weighted by molar-refractivity contribution is -0.133. The Morgan fingerprint density at radius 1 is 1.13 bits per heavy atom. The number of fused-ring (bicyclic) bond motifs is 1. The quantitative estimate of drug-likeness (QED) is 0.306. The van der Waals surface area contributed by atoms with Crippen LogP contribution in [0.2, 0.25) is 5.02 Å². The number of nitrogens with zero attached hydrogens (tertiary/aromatic N) is 6. The number of carbonyl (C=O) groups excluding carboxylic acids is 2. The van der Waals surface area contributed by atoms with Gasteiger partial charge in [-0.3, -0.25) is 18.7 Å². The third kappa shape index (κ3) is 6.25. The molecule has 1 N–H and O–H groups in total. The average Bonchev–Trinajstić information content (AvgIpc) is 3.52. The molecule has 0 atom stereocenters. The molecule has 0 radical (unpaired) electrons. The number of aromatic nitrogens is 4. The van der Waals surface area contributed by atoms with Gasteiger partial charge >= 0.3 is 11.7 Å². The monoisotopic (exact) mass is 651 g/mol. The normalized spacial score (nSPS) is 15.3. The summed E-state index contributed by atoms with van der Waals surface area (Å²) in [6.45, 7) is 0.807. The van der Waals surface area contributed by atoms with Gasteiger partial charge in [-0.1, -0.05) is 23.7 Å². The number of rotatable bonds is 8. The van der Waals surface area contributed by atoms with Gasteiger partial charge in [-0.2, -0.15) is 0 Å². The molecular weight excluding hydrogens is 621 g/mol. The summed E-state index contributed by atoms with van der Waals surface area (Å²) in [6.07, 6.45) is 4.24. The summed E-state index contributed by atoms with van der Waals surface area (Å²) in [7, 11) is 1.60. The molecule has 0 spiro atoms. The van der Waals surface area contributed by atoms with Gasteiger partial charge in [0.15, 0.2) is 0 Å². The van der Waals surface area contributed by atoms with Crippen LogP contribution in [0.15, 0.2) is 63.0 Å². The third-order valence-electron chi connectivity index (χ3n) is 8.43. The van der Waals surface area contributed by atoms with E-state index in [9.17, 15) is 23.6 Å². The van der Waals surface area contributed by atoms with Crippen molar-refractivity contribution in [2.75, 3.05) is 32.1 Å². The van der Waals surface area contributed by atoms with E-state index in [2.05, 4.69) is 15.5 Å². The number of carbonyl (C=O) groups is 2. The van der Waals surface area contributed by atoms with Gasteiger partial charge in [0.25, 0.3) is 5.56 Å². The number of methoxy groups -OCH3 is 1. The molecule has 46 heavy (non-hydrogen) atoms. The van der Waals surface area contributed by atoms with E-state index in [-0.39, 0.29) is 59.5 Å². The maximum absolute atomic E-state index is 14.3. The summed E-state index contributed by atoms with van der Waals surface area (Å²) < 4.78 is 26.9. The molecule has 2 aliphatic rings. The number of urea groups is 1. The number of nitrogens with one attached hydrogen (secondary N) is 1. The minimum absolute atomic E-state index is 0.0353. The van der Waals surface area contributed by atoms with Crippen LogP contribution in [-0.4, -0.2) is 73.9 Å². The van der Waals surface area contributed by atoms with Gasteiger partial charge < -0.3 is 24.3 Å². The molecule has 4 aromatic rings.